The van der Waals surface area contributed by atoms with Crippen LogP contribution in [0.2, 0.25) is 0 Å². The number of fused-ring (bicyclic) bond motifs is 1. The number of aryl methyl sites for hydroxylation is 1. The van der Waals surface area contributed by atoms with E-state index in [9.17, 15) is 9.18 Å². The Kier molecular flexibility index (Phi) is 5.04. The molecule has 1 saturated heterocycles. The first kappa shape index (κ1) is 19.1. The zero-order valence-electron chi connectivity index (χ0n) is 16.8. The molecule has 1 aromatic carbocycles. The molecule has 0 radical (unpaired) electrons. The molecule has 8 nitrogen and oxygen atoms in total. The lowest BCUT2D eigenvalue weighted by Crippen LogP contribution is -2.53. The average Bonchev–Trinajstić information content (AvgIpc) is 3.11. The lowest BCUT2D eigenvalue weighted by atomic mass is 10.2. The van der Waals surface area contributed by atoms with Gasteiger partial charge in [0.15, 0.2) is 5.65 Å². The molecule has 0 bridgehead atoms. The first-order valence-corrected chi connectivity index (χ1v) is 9.71. The third-order valence-corrected chi connectivity index (χ3v) is 4.87. The minimum absolute atomic E-state index is 0.0344. The van der Waals surface area contributed by atoms with E-state index in [1.54, 1.807) is 23.0 Å². The van der Waals surface area contributed by atoms with Crippen LogP contribution >= 0.6 is 0 Å². The van der Waals surface area contributed by atoms with Crippen molar-refractivity contribution in [3.8, 4) is 5.69 Å². The van der Waals surface area contributed by atoms with E-state index in [2.05, 4.69) is 25.3 Å². The standard InChI is InChI=1S/C20H24FN7O/c1-13(2)23-20(29)27-10-8-26(9-11-27)18-17-12-22-28(19(17)25-14(3)24-18)16-6-4-15(21)5-7-16/h4-7,12-13H,8-11H2,1-3H3,(H,23,29). The van der Waals surface area contributed by atoms with Crippen LogP contribution in [0.15, 0.2) is 30.5 Å². The zero-order valence-corrected chi connectivity index (χ0v) is 16.8. The maximum Gasteiger partial charge on any atom is 0.317 e. The highest BCUT2D eigenvalue weighted by atomic mass is 19.1. The van der Waals surface area contributed by atoms with Gasteiger partial charge < -0.3 is 15.1 Å². The average molecular weight is 397 g/mol. The second-order valence-electron chi connectivity index (χ2n) is 7.44. The summed E-state index contributed by atoms with van der Waals surface area (Å²) in [6, 6.07) is 6.23. The lowest BCUT2D eigenvalue weighted by molar-refractivity contribution is 0.192. The number of halogens is 1. The van der Waals surface area contributed by atoms with E-state index in [0.29, 0.717) is 37.7 Å². The van der Waals surface area contributed by atoms with Crippen LogP contribution in [0.1, 0.15) is 19.7 Å². The number of carbonyl (C=O) groups is 1. The number of amides is 2. The van der Waals surface area contributed by atoms with Crippen molar-refractivity contribution in [2.45, 2.75) is 26.8 Å². The molecule has 29 heavy (non-hydrogen) atoms. The molecular weight excluding hydrogens is 373 g/mol. The largest absolute Gasteiger partial charge is 0.352 e. The molecule has 1 N–H and O–H groups in total. The van der Waals surface area contributed by atoms with Crippen LogP contribution in [0.4, 0.5) is 15.0 Å². The summed E-state index contributed by atoms with van der Waals surface area (Å²) >= 11 is 0. The van der Waals surface area contributed by atoms with Gasteiger partial charge >= 0.3 is 6.03 Å². The van der Waals surface area contributed by atoms with Gasteiger partial charge in [-0.1, -0.05) is 0 Å². The molecule has 0 saturated carbocycles. The molecule has 1 aliphatic rings. The summed E-state index contributed by atoms with van der Waals surface area (Å²) in [6.07, 6.45) is 1.74. The summed E-state index contributed by atoms with van der Waals surface area (Å²) in [7, 11) is 0. The number of benzene rings is 1. The molecule has 9 heteroatoms. The van der Waals surface area contributed by atoms with Gasteiger partial charge in [-0.25, -0.2) is 23.8 Å². The minimum Gasteiger partial charge on any atom is -0.352 e. The fraction of sp³-hybridized carbons (Fsp3) is 0.400. The second-order valence-corrected chi connectivity index (χ2v) is 7.44. The third kappa shape index (κ3) is 3.85. The number of carbonyl (C=O) groups excluding carboxylic acids is 1. The van der Waals surface area contributed by atoms with Gasteiger partial charge in [-0.3, -0.25) is 0 Å². The van der Waals surface area contributed by atoms with Crippen LogP contribution in [-0.4, -0.2) is 62.9 Å². The van der Waals surface area contributed by atoms with Gasteiger partial charge in [0.05, 0.1) is 17.3 Å². The normalized spacial score (nSPS) is 14.7. The Bertz CT molecular complexity index is 1020. The highest BCUT2D eigenvalue weighted by Gasteiger charge is 2.25. The lowest BCUT2D eigenvalue weighted by Gasteiger charge is -2.36. The van der Waals surface area contributed by atoms with E-state index in [4.69, 9.17) is 0 Å². The van der Waals surface area contributed by atoms with E-state index < -0.39 is 0 Å². The van der Waals surface area contributed by atoms with Crippen LogP contribution in [0.5, 0.6) is 0 Å². The summed E-state index contributed by atoms with van der Waals surface area (Å²) in [4.78, 5) is 25.4. The van der Waals surface area contributed by atoms with Crippen LogP contribution < -0.4 is 10.2 Å². The fourth-order valence-electron chi connectivity index (χ4n) is 3.47. The highest BCUT2D eigenvalue weighted by molar-refractivity contribution is 5.88. The molecular formula is C20H24FN7O. The number of hydrogen-bond donors (Lipinski definition) is 1. The van der Waals surface area contributed by atoms with Crippen molar-refractivity contribution in [3.05, 3.63) is 42.1 Å². The predicted octanol–water partition coefficient (Wildman–Crippen LogP) is 2.50. The molecule has 4 rings (SSSR count). The minimum atomic E-state index is -0.295. The Hall–Kier alpha value is -3.23. The van der Waals surface area contributed by atoms with Gasteiger partial charge in [-0.2, -0.15) is 5.10 Å². The number of piperazine rings is 1. The number of nitrogens with one attached hydrogen (secondary N) is 1. The van der Waals surface area contributed by atoms with Crippen LogP contribution in [0.3, 0.4) is 0 Å². The maximum absolute atomic E-state index is 13.3. The van der Waals surface area contributed by atoms with E-state index >= 15 is 0 Å². The Balaban J connectivity index is 1.60. The number of nitrogens with zero attached hydrogens (tertiary/aromatic N) is 6. The third-order valence-electron chi connectivity index (χ3n) is 4.87. The molecule has 3 aromatic rings. The van der Waals surface area contributed by atoms with Crippen LogP contribution in [0, 0.1) is 12.7 Å². The van der Waals surface area contributed by atoms with Gasteiger partial charge in [-0.05, 0) is 45.0 Å². The molecule has 2 aromatic heterocycles. The first-order valence-electron chi connectivity index (χ1n) is 9.71. The predicted molar refractivity (Wildman–Crippen MR) is 109 cm³/mol. The topological polar surface area (TPSA) is 79.2 Å². The molecule has 152 valence electrons. The SMILES string of the molecule is Cc1nc(N2CCN(C(=O)NC(C)C)CC2)c2cnn(-c3ccc(F)cc3)c2n1. The number of rotatable bonds is 3. The van der Waals surface area contributed by atoms with Crippen molar-refractivity contribution in [1.29, 1.82) is 0 Å². The quantitative estimate of drug-likeness (QED) is 0.735. The summed E-state index contributed by atoms with van der Waals surface area (Å²) < 4.78 is 15.0. The molecule has 0 spiro atoms. The smallest absolute Gasteiger partial charge is 0.317 e. The monoisotopic (exact) mass is 397 g/mol. The van der Waals surface area contributed by atoms with Crippen molar-refractivity contribution in [2.24, 2.45) is 0 Å². The second kappa shape index (κ2) is 7.65. The van der Waals surface area contributed by atoms with Gasteiger partial charge in [0, 0.05) is 32.2 Å². The molecule has 2 amide bonds. The van der Waals surface area contributed by atoms with Crippen molar-refractivity contribution < 1.29 is 9.18 Å². The van der Waals surface area contributed by atoms with Crippen molar-refractivity contribution >= 4 is 22.9 Å². The van der Waals surface area contributed by atoms with E-state index in [0.717, 1.165) is 16.9 Å². The van der Waals surface area contributed by atoms with Gasteiger partial charge in [0.25, 0.3) is 0 Å². The summed E-state index contributed by atoms with van der Waals surface area (Å²) in [6.45, 7) is 8.35. The van der Waals surface area contributed by atoms with Crippen molar-refractivity contribution in [3.63, 3.8) is 0 Å². The Labute approximate surface area is 168 Å². The van der Waals surface area contributed by atoms with Gasteiger partial charge in [0.1, 0.15) is 17.5 Å². The van der Waals surface area contributed by atoms with E-state index in [1.165, 1.54) is 12.1 Å². The number of aromatic nitrogens is 4. The first-order chi connectivity index (χ1) is 13.9. The van der Waals surface area contributed by atoms with E-state index in [1.807, 2.05) is 25.7 Å². The van der Waals surface area contributed by atoms with Crippen LogP contribution in [0.25, 0.3) is 16.7 Å². The fourth-order valence-corrected chi connectivity index (χ4v) is 3.47. The Morgan fingerprint density at radius 1 is 1.10 bits per heavy atom. The molecule has 1 fully saturated rings. The van der Waals surface area contributed by atoms with Gasteiger partial charge in [0.2, 0.25) is 0 Å². The highest BCUT2D eigenvalue weighted by Crippen LogP contribution is 2.26. The summed E-state index contributed by atoms with van der Waals surface area (Å²) in [5.41, 5.74) is 1.42. The molecule has 0 unspecified atom stereocenters. The molecule has 0 atom stereocenters. The Morgan fingerprint density at radius 3 is 2.45 bits per heavy atom. The number of anilines is 1. The molecule has 1 aliphatic heterocycles. The van der Waals surface area contributed by atoms with Gasteiger partial charge in [-0.15, -0.1) is 0 Å². The summed E-state index contributed by atoms with van der Waals surface area (Å²) in [5, 5.41) is 8.23. The number of urea groups is 1. The summed E-state index contributed by atoms with van der Waals surface area (Å²) in [5.74, 6) is 1.15. The zero-order chi connectivity index (χ0) is 20.5. The molecule has 3 heterocycles. The van der Waals surface area contributed by atoms with Crippen LogP contribution in [-0.2, 0) is 0 Å². The van der Waals surface area contributed by atoms with Crippen molar-refractivity contribution in [2.75, 3.05) is 31.1 Å². The molecule has 0 aliphatic carbocycles. The maximum atomic E-state index is 13.3. The van der Waals surface area contributed by atoms with Crippen molar-refractivity contribution in [1.82, 2.24) is 30.0 Å². The number of hydrogen-bond acceptors (Lipinski definition) is 5. The Morgan fingerprint density at radius 2 is 1.79 bits per heavy atom. The van der Waals surface area contributed by atoms with E-state index in [-0.39, 0.29) is 17.9 Å².